The van der Waals surface area contributed by atoms with Crippen molar-refractivity contribution in [1.82, 2.24) is 0 Å². The van der Waals surface area contributed by atoms with Crippen LogP contribution in [0.2, 0.25) is 0 Å². The van der Waals surface area contributed by atoms with E-state index in [9.17, 15) is 5.11 Å². The van der Waals surface area contributed by atoms with E-state index in [0.717, 1.165) is 38.2 Å². The standard InChI is InChI=1S/C15H29NO2/c16-15(12-17)9-5-8-14(10-15)18-11-13-6-3-1-2-4-7-13/h13-14,17H,1-12,16H2. The first-order chi connectivity index (χ1) is 8.72. The summed E-state index contributed by atoms with van der Waals surface area (Å²) in [6, 6.07) is 0. The molecular formula is C15H29NO2. The maximum atomic E-state index is 9.34. The highest BCUT2D eigenvalue weighted by atomic mass is 16.5. The SMILES string of the molecule is NC1(CO)CCCC(OCC2CCCCCC2)C1. The summed E-state index contributed by atoms with van der Waals surface area (Å²) in [5.41, 5.74) is 5.77. The number of hydrogen-bond acceptors (Lipinski definition) is 3. The fourth-order valence-corrected chi connectivity index (χ4v) is 3.43. The normalized spacial score (nSPS) is 35.3. The highest BCUT2D eigenvalue weighted by Gasteiger charge is 2.32. The van der Waals surface area contributed by atoms with E-state index >= 15 is 0 Å². The molecule has 2 atom stereocenters. The minimum atomic E-state index is -0.383. The molecule has 0 radical (unpaired) electrons. The average molecular weight is 255 g/mol. The van der Waals surface area contributed by atoms with E-state index in [1.807, 2.05) is 0 Å². The molecule has 0 saturated heterocycles. The average Bonchev–Trinajstić information content (AvgIpc) is 2.65. The molecule has 0 aromatic heterocycles. The third-order valence-electron chi connectivity index (χ3n) is 4.69. The Labute approximate surface area is 111 Å². The van der Waals surface area contributed by atoms with Crippen molar-refractivity contribution in [3.8, 4) is 0 Å². The molecule has 0 amide bonds. The van der Waals surface area contributed by atoms with E-state index < -0.39 is 0 Å². The van der Waals surface area contributed by atoms with Crippen LogP contribution in [0, 0.1) is 5.92 Å². The number of hydrogen-bond donors (Lipinski definition) is 2. The summed E-state index contributed by atoms with van der Waals surface area (Å²) in [4.78, 5) is 0. The van der Waals surface area contributed by atoms with Gasteiger partial charge in [0.25, 0.3) is 0 Å². The van der Waals surface area contributed by atoms with Gasteiger partial charge in [0.2, 0.25) is 0 Å². The van der Waals surface area contributed by atoms with Crippen molar-refractivity contribution in [3.63, 3.8) is 0 Å². The summed E-state index contributed by atoms with van der Waals surface area (Å²) in [5, 5.41) is 9.34. The minimum absolute atomic E-state index is 0.0935. The number of rotatable bonds is 4. The van der Waals surface area contributed by atoms with Gasteiger partial charge in [0.1, 0.15) is 0 Å². The lowest BCUT2D eigenvalue weighted by Gasteiger charge is -2.36. The van der Waals surface area contributed by atoms with Crippen molar-refractivity contribution in [2.24, 2.45) is 11.7 Å². The largest absolute Gasteiger partial charge is 0.394 e. The van der Waals surface area contributed by atoms with Gasteiger partial charge in [-0.15, -0.1) is 0 Å². The van der Waals surface area contributed by atoms with Crippen LogP contribution in [-0.2, 0) is 4.74 Å². The second-order valence-electron chi connectivity index (χ2n) is 6.43. The van der Waals surface area contributed by atoms with Crippen LogP contribution in [0.25, 0.3) is 0 Å². The Morgan fingerprint density at radius 2 is 1.78 bits per heavy atom. The molecule has 2 aliphatic carbocycles. The minimum Gasteiger partial charge on any atom is -0.394 e. The van der Waals surface area contributed by atoms with Gasteiger partial charge in [-0.3, -0.25) is 0 Å². The summed E-state index contributed by atoms with van der Waals surface area (Å²) in [7, 11) is 0. The van der Waals surface area contributed by atoms with Gasteiger partial charge < -0.3 is 15.6 Å². The summed E-state index contributed by atoms with van der Waals surface area (Å²) >= 11 is 0. The number of aliphatic hydroxyl groups is 1. The van der Waals surface area contributed by atoms with Crippen molar-refractivity contribution in [2.75, 3.05) is 13.2 Å². The van der Waals surface area contributed by atoms with E-state index in [4.69, 9.17) is 10.5 Å². The van der Waals surface area contributed by atoms with Crippen LogP contribution in [-0.4, -0.2) is 30.0 Å². The summed E-state index contributed by atoms with van der Waals surface area (Å²) in [5.74, 6) is 0.760. The van der Waals surface area contributed by atoms with Gasteiger partial charge in [-0.05, 0) is 44.4 Å². The fraction of sp³-hybridized carbons (Fsp3) is 1.00. The molecule has 0 spiro atoms. The first-order valence-corrected chi connectivity index (χ1v) is 7.73. The predicted molar refractivity (Wildman–Crippen MR) is 73.4 cm³/mol. The first kappa shape index (κ1) is 14.3. The van der Waals surface area contributed by atoms with Crippen molar-refractivity contribution >= 4 is 0 Å². The lowest BCUT2D eigenvalue weighted by Crippen LogP contribution is -2.49. The van der Waals surface area contributed by atoms with Crippen LogP contribution in [0.15, 0.2) is 0 Å². The molecule has 0 aromatic carbocycles. The lowest BCUT2D eigenvalue weighted by atomic mass is 9.81. The van der Waals surface area contributed by atoms with Crippen LogP contribution < -0.4 is 5.73 Å². The van der Waals surface area contributed by atoms with E-state index in [1.165, 1.54) is 38.5 Å². The highest BCUT2D eigenvalue weighted by molar-refractivity contribution is 4.90. The van der Waals surface area contributed by atoms with Crippen LogP contribution in [0.3, 0.4) is 0 Å². The van der Waals surface area contributed by atoms with Gasteiger partial charge in [0.05, 0.1) is 12.7 Å². The Morgan fingerprint density at radius 1 is 1.06 bits per heavy atom. The van der Waals surface area contributed by atoms with Gasteiger partial charge >= 0.3 is 0 Å². The predicted octanol–water partition coefficient (Wildman–Crippen LogP) is 2.61. The summed E-state index contributed by atoms with van der Waals surface area (Å²) in [6.07, 6.45) is 12.5. The van der Waals surface area contributed by atoms with E-state index in [2.05, 4.69) is 0 Å². The maximum Gasteiger partial charge on any atom is 0.0612 e. The zero-order chi connectivity index (χ0) is 12.8. The number of ether oxygens (including phenoxy) is 1. The van der Waals surface area contributed by atoms with Crippen LogP contribution >= 0.6 is 0 Å². The summed E-state index contributed by atoms with van der Waals surface area (Å²) < 4.78 is 6.08. The Bertz CT molecular complexity index is 239. The molecule has 3 N–H and O–H groups in total. The zero-order valence-electron chi connectivity index (χ0n) is 11.6. The van der Waals surface area contributed by atoms with Crippen LogP contribution in [0.5, 0.6) is 0 Å². The Balaban J connectivity index is 1.72. The molecule has 18 heavy (non-hydrogen) atoms. The van der Waals surface area contributed by atoms with Crippen molar-refractivity contribution in [1.29, 1.82) is 0 Å². The lowest BCUT2D eigenvalue weighted by molar-refractivity contribution is -0.0219. The Morgan fingerprint density at radius 3 is 2.44 bits per heavy atom. The van der Waals surface area contributed by atoms with E-state index in [-0.39, 0.29) is 18.2 Å². The first-order valence-electron chi connectivity index (χ1n) is 7.73. The number of aliphatic hydroxyl groups excluding tert-OH is 1. The maximum absolute atomic E-state index is 9.34. The van der Waals surface area contributed by atoms with Crippen molar-refractivity contribution in [2.45, 2.75) is 75.9 Å². The number of nitrogens with two attached hydrogens (primary N) is 1. The molecule has 2 unspecified atom stereocenters. The highest BCUT2D eigenvalue weighted by Crippen LogP contribution is 2.29. The molecule has 2 fully saturated rings. The van der Waals surface area contributed by atoms with Crippen LogP contribution in [0.4, 0.5) is 0 Å². The third kappa shape index (κ3) is 4.22. The van der Waals surface area contributed by atoms with Gasteiger partial charge in [0.15, 0.2) is 0 Å². The molecule has 3 heteroatoms. The molecule has 2 aliphatic rings. The van der Waals surface area contributed by atoms with Crippen molar-refractivity contribution < 1.29 is 9.84 Å². The van der Waals surface area contributed by atoms with Crippen molar-refractivity contribution in [3.05, 3.63) is 0 Å². The Hall–Kier alpha value is -0.120. The molecule has 0 heterocycles. The topological polar surface area (TPSA) is 55.5 Å². The van der Waals surface area contributed by atoms with Gasteiger partial charge in [0, 0.05) is 12.1 Å². The smallest absolute Gasteiger partial charge is 0.0612 e. The molecular weight excluding hydrogens is 226 g/mol. The van der Waals surface area contributed by atoms with Crippen LogP contribution in [0.1, 0.15) is 64.2 Å². The molecule has 0 bridgehead atoms. The summed E-state index contributed by atoms with van der Waals surface area (Å²) in [6.45, 7) is 1.00. The monoisotopic (exact) mass is 255 g/mol. The molecule has 0 aliphatic heterocycles. The third-order valence-corrected chi connectivity index (χ3v) is 4.69. The molecule has 0 aromatic rings. The van der Waals surface area contributed by atoms with E-state index in [0.29, 0.717) is 0 Å². The fourth-order valence-electron chi connectivity index (χ4n) is 3.43. The second-order valence-corrected chi connectivity index (χ2v) is 6.43. The molecule has 106 valence electrons. The second kappa shape index (κ2) is 6.88. The van der Waals surface area contributed by atoms with E-state index in [1.54, 1.807) is 0 Å². The van der Waals surface area contributed by atoms with Gasteiger partial charge in [-0.2, -0.15) is 0 Å². The quantitative estimate of drug-likeness (QED) is 0.759. The molecule has 2 saturated carbocycles. The van der Waals surface area contributed by atoms with Gasteiger partial charge in [-0.1, -0.05) is 25.7 Å². The zero-order valence-corrected chi connectivity index (χ0v) is 11.6. The molecule has 2 rings (SSSR count). The van der Waals surface area contributed by atoms with Gasteiger partial charge in [-0.25, -0.2) is 0 Å². The Kier molecular flexibility index (Phi) is 5.46. The molecule has 3 nitrogen and oxygen atoms in total.